The van der Waals surface area contributed by atoms with Crippen LogP contribution in [-0.4, -0.2) is 39.3 Å². The molecule has 1 amide bonds. The molecule has 0 fully saturated rings. The Kier molecular flexibility index (Phi) is 7.35. The summed E-state index contributed by atoms with van der Waals surface area (Å²) in [5, 5.41) is 3.04. The first-order chi connectivity index (χ1) is 11.3. The average molecular weight is 338 g/mol. The highest BCUT2D eigenvalue weighted by Gasteiger charge is 2.28. The molecular weight excluding hydrogens is 308 g/mol. The maximum absolute atomic E-state index is 12.3. The van der Waals surface area contributed by atoms with Crippen molar-refractivity contribution in [2.24, 2.45) is 11.7 Å². The molecule has 0 saturated carbocycles. The molecule has 0 radical (unpaired) electrons. The number of carbonyl (C=O) groups is 1. The van der Waals surface area contributed by atoms with E-state index in [0.717, 1.165) is 5.56 Å². The minimum absolute atomic E-state index is 0.0228. The van der Waals surface area contributed by atoms with Crippen LogP contribution in [0.5, 0.6) is 17.2 Å². The predicted octanol–water partition coefficient (Wildman–Crippen LogP) is 2.13. The van der Waals surface area contributed by atoms with Crippen molar-refractivity contribution < 1.29 is 19.0 Å². The van der Waals surface area contributed by atoms with Crippen molar-refractivity contribution in [3.63, 3.8) is 0 Å². The maximum Gasteiger partial charge on any atom is 0.220 e. The van der Waals surface area contributed by atoms with Crippen LogP contribution in [0.3, 0.4) is 0 Å². The zero-order chi connectivity index (χ0) is 18.3. The van der Waals surface area contributed by atoms with E-state index in [1.807, 2.05) is 32.9 Å². The lowest BCUT2D eigenvalue weighted by Gasteiger charge is -2.33. The molecule has 0 aromatic heterocycles. The first kappa shape index (κ1) is 20.1. The highest BCUT2D eigenvalue weighted by molar-refractivity contribution is 5.77. The zero-order valence-corrected chi connectivity index (χ0v) is 15.6. The number of carbonyl (C=O) groups excluding carboxylic acids is 1. The molecule has 0 heterocycles. The van der Waals surface area contributed by atoms with E-state index in [0.29, 0.717) is 36.6 Å². The van der Waals surface area contributed by atoms with Crippen molar-refractivity contribution >= 4 is 5.91 Å². The summed E-state index contributed by atoms with van der Waals surface area (Å²) in [6.07, 6.45) is 0.933. The molecule has 6 nitrogen and oxygen atoms in total. The summed E-state index contributed by atoms with van der Waals surface area (Å²) in [6, 6.07) is 3.72. The van der Waals surface area contributed by atoms with Crippen LogP contribution < -0.4 is 25.3 Å². The van der Waals surface area contributed by atoms with Crippen LogP contribution >= 0.6 is 0 Å². The lowest BCUT2D eigenvalue weighted by atomic mass is 9.88. The van der Waals surface area contributed by atoms with Crippen LogP contribution in [0.2, 0.25) is 0 Å². The third kappa shape index (κ3) is 4.77. The Morgan fingerprint density at radius 1 is 1.17 bits per heavy atom. The average Bonchev–Trinajstić information content (AvgIpc) is 2.58. The van der Waals surface area contributed by atoms with Gasteiger partial charge in [-0.25, -0.2) is 0 Å². The predicted molar refractivity (Wildman–Crippen MR) is 94.9 cm³/mol. The Morgan fingerprint density at radius 3 is 2.08 bits per heavy atom. The third-order valence-corrected chi connectivity index (χ3v) is 4.49. The quantitative estimate of drug-likeness (QED) is 0.721. The zero-order valence-electron chi connectivity index (χ0n) is 15.6. The van der Waals surface area contributed by atoms with Crippen molar-refractivity contribution in [1.29, 1.82) is 0 Å². The van der Waals surface area contributed by atoms with Crippen LogP contribution in [-0.2, 0) is 11.2 Å². The van der Waals surface area contributed by atoms with Crippen LogP contribution in [0.25, 0.3) is 0 Å². The minimum Gasteiger partial charge on any atom is -0.493 e. The number of hydrogen-bond acceptors (Lipinski definition) is 5. The molecule has 1 aromatic rings. The SMILES string of the molecule is COc1cc(CCC(=O)NC(C)(CN)C(C)C)cc(OC)c1OC. The number of aryl methyl sites for hydroxylation is 1. The van der Waals surface area contributed by atoms with Crippen molar-refractivity contribution in [2.45, 2.75) is 39.2 Å². The lowest BCUT2D eigenvalue weighted by molar-refractivity contribution is -0.123. The van der Waals surface area contributed by atoms with Crippen LogP contribution in [0.4, 0.5) is 0 Å². The van der Waals surface area contributed by atoms with Gasteiger partial charge in [-0.2, -0.15) is 0 Å². The Balaban J connectivity index is 2.82. The number of nitrogens with two attached hydrogens (primary N) is 1. The Labute approximate surface area is 144 Å². The van der Waals surface area contributed by atoms with Gasteiger partial charge in [0.15, 0.2) is 11.5 Å². The number of methoxy groups -OCH3 is 3. The number of hydrogen-bond donors (Lipinski definition) is 2. The Bertz CT molecular complexity index is 535. The van der Waals surface area contributed by atoms with Crippen molar-refractivity contribution in [3.05, 3.63) is 17.7 Å². The van der Waals surface area contributed by atoms with E-state index in [-0.39, 0.29) is 11.8 Å². The van der Waals surface area contributed by atoms with Gasteiger partial charge in [0.05, 0.1) is 26.9 Å². The highest BCUT2D eigenvalue weighted by atomic mass is 16.5. The number of rotatable bonds is 9. The van der Waals surface area contributed by atoms with Gasteiger partial charge in [-0.3, -0.25) is 4.79 Å². The largest absolute Gasteiger partial charge is 0.493 e. The molecule has 1 atom stereocenters. The summed E-state index contributed by atoms with van der Waals surface area (Å²) in [5.74, 6) is 1.95. The van der Waals surface area contributed by atoms with E-state index in [2.05, 4.69) is 5.32 Å². The van der Waals surface area contributed by atoms with E-state index < -0.39 is 5.54 Å². The van der Waals surface area contributed by atoms with Gasteiger partial charge in [-0.05, 0) is 37.0 Å². The summed E-state index contributed by atoms with van der Waals surface area (Å²) in [4.78, 5) is 12.3. The second-order valence-electron chi connectivity index (χ2n) is 6.36. The van der Waals surface area contributed by atoms with Crippen molar-refractivity contribution in [3.8, 4) is 17.2 Å². The molecule has 0 aliphatic rings. The second-order valence-corrected chi connectivity index (χ2v) is 6.36. The number of nitrogens with one attached hydrogen (secondary N) is 1. The third-order valence-electron chi connectivity index (χ3n) is 4.49. The second kappa shape index (κ2) is 8.78. The molecule has 0 aliphatic carbocycles. The van der Waals surface area contributed by atoms with Gasteiger partial charge in [0.25, 0.3) is 0 Å². The summed E-state index contributed by atoms with van der Waals surface area (Å²) < 4.78 is 16.0. The van der Waals surface area contributed by atoms with Crippen molar-refractivity contribution in [2.75, 3.05) is 27.9 Å². The molecular formula is C18H30N2O4. The fourth-order valence-electron chi connectivity index (χ4n) is 2.35. The molecule has 0 bridgehead atoms. The van der Waals surface area contributed by atoms with Gasteiger partial charge >= 0.3 is 0 Å². The highest BCUT2D eigenvalue weighted by Crippen LogP contribution is 2.38. The Hall–Kier alpha value is -1.95. The van der Waals surface area contributed by atoms with Gasteiger partial charge < -0.3 is 25.3 Å². The van der Waals surface area contributed by atoms with Gasteiger partial charge in [0.1, 0.15) is 0 Å². The van der Waals surface area contributed by atoms with Crippen LogP contribution in [0.15, 0.2) is 12.1 Å². The first-order valence-corrected chi connectivity index (χ1v) is 8.11. The monoisotopic (exact) mass is 338 g/mol. The maximum atomic E-state index is 12.3. The normalized spacial score (nSPS) is 13.3. The topological polar surface area (TPSA) is 82.8 Å². The molecule has 0 aliphatic heterocycles. The van der Waals surface area contributed by atoms with Gasteiger partial charge in [-0.15, -0.1) is 0 Å². The van der Waals surface area contributed by atoms with Crippen LogP contribution in [0, 0.1) is 5.92 Å². The van der Waals surface area contributed by atoms with Gasteiger partial charge in [0.2, 0.25) is 11.7 Å². The van der Waals surface area contributed by atoms with Gasteiger partial charge in [-0.1, -0.05) is 13.8 Å². The van der Waals surface area contributed by atoms with E-state index >= 15 is 0 Å². The van der Waals surface area contributed by atoms with Crippen LogP contribution in [0.1, 0.15) is 32.8 Å². The minimum atomic E-state index is -0.396. The summed E-state index contributed by atoms with van der Waals surface area (Å²) in [7, 11) is 4.71. The standard InChI is InChI=1S/C18H30N2O4/c1-12(2)18(3,11-19)20-16(21)8-7-13-9-14(22-4)17(24-6)15(10-13)23-5/h9-10,12H,7-8,11,19H2,1-6H3,(H,20,21). The summed E-state index contributed by atoms with van der Waals surface area (Å²) in [6.45, 7) is 6.47. The summed E-state index contributed by atoms with van der Waals surface area (Å²) >= 11 is 0. The van der Waals surface area contributed by atoms with E-state index in [4.69, 9.17) is 19.9 Å². The van der Waals surface area contributed by atoms with Gasteiger partial charge in [0, 0.05) is 13.0 Å². The molecule has 3 N–H and O–H groups in total. The van der Waals surface area contributed by atoms with Crippen molar-refractivity contribution in [1.82, 2.24) is 5.32 Å². The fourth-order valence-corrected chi connectivity index (χ4v) is 2.35. The number of amides is 1. The molecule has 0 spiro atoms. The molecule has 6 heteroatoms. The Morgan fingerprint density at radius 2 is 1.71 bits per heavy atom. The molecule has 1 unspecified atom stereocenters. The number of benzene rings is 1. The van der Waals surface area contributed by atoms with E-state index in [1.165, 1.54) is 0 Å². The smallest absolute Gasteiger partial charge is 0.220 e. The first-order valence-electron chi connectivity index (χ1n) is 8.11. The molecule has 24 heavy (non-hydrogen) atoms. The fraction of sp³-hybridized carbons (Fsp3) is 0.611. The molecule has 1 aromatic carbocycles. The van der Waals surface area contributed by atoms with E-state index in [9.17, 15) is 4.79 Å². The lowest BCUT2D eigenvalue weighted by Crippen LogP contribution is -2.55. The number of ether oxygens (including phenoxy) is 3. The molecule has 136 valence electrons. The summed E-state index contributed by atoms with van der Waals surface area (Å²) in [5.41, 5.74) is 6.36. The molecule has 1 rings (SSSR count). The molecule has 0 saturated heterocycles. The van der Waals surface area contributed by atoms with E-state index in [1.54, 1.807) is 21.3 Å².